The normalized spacial score (nSPS) is 18.9. The van der Waals surface area contributed by atoms with E-state index in [1.807, 2.05) is 6.07 Å². The van der Waals surface area contributed by atoms with E-state index in [2.05, 4.69) is 0 Å². The molecule has 2 amide bonds. The molecule has 22 heavy (non-hydrogen) atoms. The summed E-state index contributed by atoms with van der Waals surface area (Å²) in [5, 5.41) is 0. The molecule has 2 aromatic carbocycles. The molecule has 0 aromatic heterocycles. The van der Waals surface area contributed by atoms with E-state index in [-0.39, 0.29) is 12.2 Å². The van der Waals surface area contributed by atoms with Crippen molar-refractivity contribution in [2.75, 3.05) is 6.61 Å². The van der Waals surface area contributed by atoms with Gasteiger partial charge in [0.15, 0.2) is 0 Å². The predicted octanol–water partition coefficient (Wildman–Crippen LogP) is 3.42. The molecular formula is C17H14FNO3. The highest BCUT2D eigenvalue weighted by atomic mass is 19.1. The summed E-state index contributed by atoms with van der Waals surface area (Å²) in [6.45, 7) is 0.0378. The van der Waals surface area contributed by atoms with Crippen molar-refractivity contribution in [3.05, 3.63) is 71.8 Å². The molecule has 1 fully saturated rings. The van der Waals surface area contributed by atoms with Crippen molar-refractivity contribution >= 4 is 12.0 Å². The maximum absolute atomic E-state index is 14.4. The first-order valence-electron chi connectivity index (χ1n) is 6.92. The van der Waals surface area contributed by atoms with Crippen molar-refractivity contribution in [3.63, 3.8) is 0 Å². The summed E-state index contributed by atoms with van der Waals surface area (Å²) in [5.74, 6) is -0.900. The Kier molecular flexibility index (Phi) is 3.87. The van der Waals surface area contributed by atoms with E-state index in [1.165, 1.54) is 12.1 Å². The lowest BCUT2D eigenvalue weighted by molar-refractivity contribution is -0.134. The lowest BCUT2D eigenvalue weighted by Crippen LogP contribution is -2.36. The van der Waals surface area contributed by atoms with Crippen LogP contribution in [0.5, 0.6) is 0 Å². The van der Waals surface area contributed by atoms with Gasteiger partial charge in [0.1, 0.15) is 12.6 Å². The minimum atomic E-state index is -1.89. The van der Waals surface area contributed by atoms with Crippen LogP contribution in [-0.4, -0.2) is 23.5 Å². The summed E-state index contributed by atoms with van der Waals surface area (Å²) in [4.78, 5) is 25.1. The maximum atomic E-state index is 14.4. The quantitative estimate of drug-likeness (QED) is 0.872. The molecule has 0 N–H and O–H groups in total. The van der Waals surface area contributed by atoms with Crippen LogP contribution in [-0.2, 0) is 9.53 Å². The highest BCUT2D eigenvalue weighted by Crippen LogP contribution is 2.31. The summed E-state index contributed by atoms with van der Waals surface area (Å²) < 4.78 is 19.4. The van der Waals surface area contributed by atoms with Gasteiger partial charge in [-0.25, -0.2) is 14.1 Å². The van der Waals surface area contributed by atoms with E-state index in [0.29, 0.717) is 0 Å². The van der Waals surface area contributed by atoms with Crippen LogP contribution in [0.15, 0.2) is 60.7 Å². The zero-order valence-electron chi connectivity index (χ0n) is 11.7. The second-order valence-electron chi connectivity index (χ2n) is 4.98. The first-order valence-corrected chi connectivity index (χ1v) is 6.92. The molecule has 2 aromatic rings. The van der Waals surface area contributed by atoms with Crippen LogP contribution in [0, 0.1) is 0 Å². The molecule has 3 rings (SSSR count). The average molecular weight is 299 g/mol. The number of alkyl halides is 1. The fourth-order valence-corrected chi connectivity index (χ4v) is 2.47. The second kappa shape index (κ2) is 5.97. The molecular weight excluding hydrogens is 285 g/mol. The Morgan fingerprint density at radius 1 is 1.09 bits per heavy atom. The van der Waals surface area contributed by atoms with Gasteiger partial charge in [0.2, 0.25) is 6.17 Å². The van der Waals surface area contributed by atoms with Crippen molar-refractivity contribution in [1.29, 1.82) is 0 Å². The highest BCUT2D eigenvalue weighted by molar-refractivity contribution is 5.96. The Morgan fingerprint density at radius 3 is 2.32 bits per heavy atom. The fraction of sp³-hybridized carbons (Fsp3) is 0.176. The zero-order valence-corrected chi connectivity index (χ0v) is 11.7. The molecule has 1 heterocycles. The van der Waals surface area contributed by atoms with Crippen molar-refractivity contribution in [2.45, 2.75) is 12.2 Å². The number of amides is 2. The summed E-state index contributed by atoms with van der Waals surface area (Å²) in [5.41, 5.74) is 0.959. The van der Waals surface area contributed by atoms with Gasteiger partial charge in [-0.05, 0) is 11.1 Å². The van der Waals surface area contributed by atoms with Gasteiger partial charge >= 0.3 is 6.09 Å². The number of benzene rings is 2. The molecule has 0 saturated carbocycles. The summed E-state index contributed by atoms with van der Waals surface area (Å²) in [7, 11) is 0. The van der Waals surface area contributed by atoms with Gasteiger partial charge in [-0.2, -0.15) is 0 Å². The van der Waals surface area contributed by atoms with Crippen molar-refractivity contribution < 1.29 is 18.7 Å². The van der Waals surface area contributed by atoms with Gasteiger partial charge in [0, 0.05) is 0 Å². The van der Waals surface area contributed by atoms with Crippen LogP contribution >= 0.6 is 0 Å². The van der Waals surface area contributed by atoms with Gasteiger partial charge < -0.3 is 4.74 Å². The van der Waals surface area contributed by atoms with Gasteiger partial charge in [-0.15, -0.1) is 0 Å². The van der Waals surface area contributed by atoms with E-state index in [0.717, 1.165) is 10.5 Å². The molecule has 1 aliphatic rings. The van der Waals surface area contributed by atoms with Crippen LogP contribution in [0.3, 0.4) is 0 Å². The predicted molar refractivity (Wildman–Crippen MR) is 77.7 cm³/mol. The molecule has 2 atom stereocenters. The molecule has 0 spiro atoms. The maximum Gasteiger partial charge on any atom is 0.417 e. The third-order valence-electron chi connectivity index (χ3n) is 3.60. The van der Waals surface area contributed by atoms with Crippen LogP contribution in [0.1, 0.15) is 23.3 Å². The van der Waals surface area contributed by atoms with E-state index >= 15 is 0 Å². The molecule has 0 aliphatic carbocycles. The first-order chi connectivity index (χ1) is 10.7. The molecule has 1 saturated heterocycles. The van der Waals surface area contributed by atoms with Crippen molar-refractivity contribution in [3.8, 4) is 0 Å². The third-order valence-corrected chi connectivity index (χ3v) is 3.60. The molecule has 112 valence electrons. The van der Waals surface area contributed by atoms with Crippen molar-refractivity contribution in [2.24, 2.45) is 0 Å². The summed E-state index contributed by atoms with van der Waals surface area (Å²) in [6.07, 6.45) is -2.70. The van der Waals surface area contributed by atoms with Crippen LogP contribution in [0.2, 0.25) is 0 Å². The number of imide groups is 1. The SMILES string of the molecule is O=C1OC[C@H](c2ccccc2)N1C(=O)[C@@H](F)c1ccccc1. The zero-order chi connectivity index (χ0) is 15.5. The second-order valence-corrected chi connectivity index (χ2v) is 4.98. The number of hydrogen-bond donors (Lipinski definition) is 0. The summed E-state index contributed by atoms with van der Waals surface area (Å²) >= 11 is 0. The van der Waals surface area contributed by atoms with E-state index in [9.17, 15) is 14.0 Å². The summed E-state index contributed by atoms with van der Waals surface area (Å²) in [6, 6.07) is 16.4. The van der Waals surface area contributed by atoms with Gasteiger partial charge in [-0.1, -0.05) is 60.7 Å². The lowest BCUT2D eigenvalue weighted by atomic mass is 10.0. The average Bonchev–Trinajstić information content (AvgIpc) is 2.96. The van der Waals surface area contributed by atoms with Gasteiger partial charge in [0.05, 0.1) is 0 Å². The number of halogens is 1. The molecule has 4 nitrogen and oxygen atoms in total. The van der Waals surface area contributed by atoms with Crippen LogP contribution < -0.4 is 0 Å². The number of hydrogen-bond acceptors (Lipinski definition) is 3. The minimum Gasteiger partial charge on any atom is -0.446 e. The molecule has 0 radical (unpaired) electrons. The standard InChI is InChI=1S/C17H14FNO3/c18-15(13-9-5-2-6-10-13)16(20)19-14(11-22-17(19)21)12-7-3-1-4-8-12/h1-10,14-15H,11H2/t14-,15+/m1/s1. The van der Waals surface area contributed by atoms with Crippen LogP contribution in [0.25, 0.3) is 0 Å². The first kappa shape index (κ1) is 14.3. The number of ether oxygens (including phenoxy) is 1. The van der Waals surface area contributed by atoms with E-state index < -0.39 is 24.2 Å². The van der Waals surface area contributed by atoms with Crippen LogP contribution in [0.4, 0.5) is 9.18 Å². The molecule has 0 unspecified atom stereocenters. The Balaban J connectivity index is 1.88. The number of carbonyl (C=O) groups is 2. The Bertz CT molecular complexity index is 675. The number of cyclic esters (lactones) is 1. The van der Waals surface area contributed by atoms with Gasteiger partial charge in [0.25, 0.3) is 5.91 Å². The Morgan fingerprint density at radius 2 is 1.68 bits per heavy atom. The third kappa shape index (κ3) is 2.57. The highest BCUT2D eigenvalue weighted by Gasteiger charge is 2.42. The molecule has 5 heteroatoms. The Labute approximate surface area is 127 Å². The van der Waals surface area contributed by atoms with E-state index in [4.69, 9.17) is 4.74 Å². The fourth-order valence-electron chi connectivity index (χ4n) is 2.47. The number of rotatable bonds is 3. The monoisotopic (exact) mass is 299 g/mol. The Hall–Kier alpha value is -2.69. The van der Waals surface area contributed by atoms with Gasteiger partial charge in [-0.3, -0.25) is 4.79 Å². The number of nitrogens with zero attached hydrogens (tertiary/aromatic N) is 1. The smallest absolute Gasteiger partial charge is 0.417 e. The number of carbonyl (C=O) groups excluding carboxylic acids is 2. The molecule has 1 aliphatic heterocycles. The van der Waals surface area contributed by atoms with Crippen molar-refractivity contribution in [1.82, 2.24) is 4.90 Å². The van der Waals surface area contributed by atoms with E-state index in [1.54, 1.807) is 42.5 Å². The largest absolute Gasteiger partial charge is 0.446 e. The topological polar surface area (TPSA) is 46.6 Å². The lowest BCUT2D eigenvalue weighted by Gasteiger charge is -2.21. The minimum absolute atomic E-state index is 0.0378. The molecule has 0 bridgehead atoms.